The molecule has 1 aromatic rings. The Morgan fingerprint density at radius 2 is 1.85 bits per heavy atom. The standard InChI is InChI=1S/C5H3FN2O4.H2O/c6-1-2(4(10)11)7-5(12)8-3(1)9;/h(H,10,11)(H2,7,8,9,12);1H2. The van der Waals surface area contributed by atoms with Crippen LogP contribution in [0.15, 0.2) is 9.59 Å². The maximum atomic E-state index is 12.5. The third kappa shape index (κ3) is 1.99. The first kappa shape index (κ1) is 11.0. The largest absolute Gasteiger partial charge is 0.476 e. The molecule has 1 aromatic heterocycles. The normalized spacial score (nSPS) is 9.00. The van der Waals surface area contributed by atoms with Crippen molar-refractivity contribution >= 4 is 5.97 Å². The van der Waals surface area contributed by atoms with E-state index in [2.05, 4.69) is 0 Å². The van der Waals surface area contributed by atoms with Crippen LogP contribution in [0, 0.1) is 5.82 Å². The Hall–Kier alpha value is -1.96. The Morgan fingerprint density at radius 3 is 2.31 bits per heavy atom. The van der Waals surface area contributed by atoms with Gasteiger partial charge in [0.05, 0.1) is 0 Å². The molecule has 0 spiro atoms. The summed E-state index contributed by atoms with van der Waals surface area (Å²) in [5.41, 5.74) is -3.45. The first-order valence-electron chi connectivity index (χ1n) is 2.77. The van der Waals surface area contributed by atoms with Crippen molar-refractivity contribution in [3.63, 3.8) is 0 Å². The molecule has 1 rings (SSSR count). The fraction of sp³-hybridized carbons (Fsp3) is 0. The molecular formula is C5H5FN2O5. The van der Waals surface area contributed by atoms with Crippen molar-refractivity contribution in [1.29, 1.82) is 0 Å². The van der Waals surface area contributed by atoms with Crippen molar-refractivity contribution in [2.75, 3.05) is 0 Å². The van der Waals surface area contributed by atoms with Crippen LogP contribution in [-0.2, 0) is 0 Å². The summed E-state index contributed by atoms with van der Waals surface area (Å²) < 4.78 is 12.5. The Kier molecular flexibility index (Phi) is 3.08. The van der Waals surface area contributed by atoms with E-state index in [1.807, 2.05) is 0 Å². The topological polar surface area (TPSA) is 135 Å². The molecule has 0 radical (unpaired) electrons. The lowest BCUT2D eigenvalue weighted by molar-refractivity contribution is 0.0683. The molecule has 0 saturated carbocycles. The molecule has 5 N–H and O–H groups in total. The lowest BCUT2D eigenvalue weighted by Gasteiger charge is -1.93. The van der Waals surface area contributed by atoms with Gasteiger partial charge in [0.15, 0.2) is 5.69 Å². The minimum atomic E-state index is -1.70. The van der Waals surface area contributed by atoms with E-state index < -0.39 is 28.7 Å². The Balaban J connectivity index is 0.00000144. The molecule has 8 heteroatoms. The second-order valence-corrected chi connectivity index (χ2v) is 1.90. The molecular weight excluding hydrogens is 187 g/mol. The third-order valence-corrected chi connectivity index (χ3v) is 1.10. The number of aromatic nitrogens is 2. The molecule has 0 unspecified atom stereocenters. The maximum Gasteiger partial charge on any atom is 0.355 e. The van der Waals surface area contributed by atoms with Gasteiger partial charge in [0.1, 0.15) is 0 Å². The van der Waals surface area contributed by atoms with E-state index in [1.165, 1.54) is 4.98 Å². The molecule has 0 atom stereocenters. The summed E-state index contributed by atoms with van der Waals surface area (Å²) in [6.45, 7) is 0. The first-order chi connectivity index (χ1) is 5.52. The summed E-state index contributed by atoms with van der Waals surface area (Å²) in [4.78, 5) is 34.2. The highest BCUT2D eigenvalue weighted by molar-refractivity contribution is 5.85. The molecule has 0 aromatic carbocycles. The number of carbonyl (C=O) groups is 1. The summed E-state index contributed by atoms with van der Waals surface area (Å²) in [7, 11) is 0. The van der Waals surface area contributed by atoms with Crippen molar-refractivity contribution in [2.45, 2.75) is 0 Å². The molecule has 0 aliphatic carbocycles. The zero-order valence-corrected chi connectivity index (χ0v) is 6.05. The summed E-state index contributed by atoms with van der Waals surface area (Å²) in [6, 6.07) is 0. The number of aromatic carboxylic acids is 1. The molecule has 13 heavy (non-hydrogen) atoms. The number of hydrogen-bond acceptors (Lipinski definition) is 3. The van der Waals surface area contributed by atoms with Crippen LogP contribution in [0.5, 0.6) is 0 Å². The zero-order chi connectivity index (χ0) is 9.30. The van der Waals surface area contributed by atoms with E-state index in [4.69, 9.17) is 5.11 Å². The molecule has 0 aliphatic heterocycles. The van der Waals surface area contributed by atoms with Gasteiger partial charge in [-0.3, -0.25) is 14.8 Å². The second kappa shape index (κ2) is 3.63. The minimum Gasteiger partial charge on any atom is -0.476 e. The average Bonchev–Trinajstić information content (AvgIpc) is 1.96. The second-order valence-electron chi connectivity index (χ2n) is 1.90. The monoisotopic (exact) mass is 192 g/mol. The highest BCUT2D eigenvalue weighted by Crippen LogP contribution is 1.92. The van der Waals surface area contributed by atoms with Crippen LogP contribution in [0.3, 0.4) is 0 Å². The number of aromatic amines is 2. The number of rotatable bonds is 1. The van der Waals surface area contributed by atoms with Gasteiger partial charge in [0, 0.05) is 0 Å². The molecule has 7 nitrogen and oxygen atoms in total. The first-order valence-corrected chi connectivity index (χ1v) is 2.77. The van der Waals surface area contributed by atoms with Crippen LogP contribution in [0.4, 0.5) is 4.39 Å². The fourth-order valence-electron chi connectivity index (χ4n) is 0.619. The molecule has 0 amide bonds. The van der Waals surface area contributed by atoms with Gasteiger partial charge in [-0.15, -0.1) is 0 Å². The Labute approximate surface area is 69.2 Å². The van der Waals surface area contributed by atoms with Crippen molar-refractivity contribution < 1.29 is 19.8 Å². The molecule has 0 saturated heterocycles. The van der Waals surface area contributed by atoms with Crippen LogP contribution >= 0.6 is 0 Å². The lowest BCUT2D eigenvalue weighted by Crippen LogP contribution is -2.29. The number of hydrogen-bond donors (Lipinski definition) is 3. The Morgan fingerprint density at radius 1 is 1.31 bits per heavy atom. The number of halogens is 1. The number of carboxylic acid groups (broad SMARTS) is 1. The van der Waals surface area contributed by atoms with Crippen LogP contribution in [0.2, 0.25) is 0 Å². The van der Waals surface area contributed by atoms with Crippen molar-refractivity contribution in [1.82, 2.24) is 9.97 Å². The zero-order valence-electron chi connectivity index (χ0n) is 6.05. The highest BCUT2D eigenvalue weighted by Gasteiger charge is 2.14. The van der Waals surface area contributed by atoms with E-state index in [0.717, 1.165) is 0 Å². The van der Waals surface area contributed by atoms with Crippen molar-refractivity contribution in [3.8, 4) is 0 Å². The van der Waals surface area contributed by atoms with Crippen LogP contribution in [0.1, 0.15) is 10.5 Å². The van der Waals surface area contributed by atoms with E-state index in [1.54, 1.807) is 4.98 Å². The van der Waals surface area contributed by atoms with Gasteiger partial charge in [-0.1, -0.05) is 0 Å². The lowest BCUT2D eigenvalue weighted by atomic mass is 10.4. The van der Waals surface area contributed by atoms with Crippen LogP contribution in [0.25, 0.3) is 0 Å². The minimum absolute atomic E-state index is 0. The van der Waals surface area contributed by atoms with E-state index in [0.29, 0.717) is 0 Å². The molecule has 0 aliphatic rings. The maximum absolute atomic E-state index is 12.5. The van der Waals surface area contributed by atoms with Crippen molar-refractivity contribution in [2.24, 2.45) is 0 Å². The molecule has 0 bridgehead atoms. The number of H-pyrrole nitrogens is 2. The van der Waals surface area contributed by atoms with Gasteiger partial charge in [0.25, 0.3) is 5.56 Å². The molecule has 1 heterocycles. The van der Waals surface area contributed by atoms with E-state index in [9.17, 15) is 18.8 Å². The van der Waals surface area contributed by atoms with Gasteiger partial charge in [0.2, 0.25) is 5.82 Å². The SMILES string of the molecule is O.O=C(O)c1[nH]c(=O)[nH]c(=O)c1F. The highest BCUT2D eigenvalue weighted by atomic mass is 19.1. The molecule has 72 valence electrons. The van der Waals surface area contributed by atoms with Gasteiger partial charge >= 0.3 is 11.7 Å². The van der Waals surface area contributed by atoms with Gasteiger partial charge in [-0.2, -0.15) is 4.39 Å². The van der Waals surface area contributed by atoms with E-state index in [-0.39, 0.29) is 5.48 Å². The predicted octanol–water partition coefficient (Wildman–Crippen LogP) is -1.92. The van der Waals surface area contributed by atoms with Crippen LogP contribution < -0.4 is 11.2 Å². The third-order valence-electron chi connectivity index (χ3n) is 1.10. The molecule has 0 fully saturated rings. The Bertz CT molecular complexity index is 433. The number of nitrogens with one attached hydrogen (secondary N) is 2. The fourth-order valence-corrected chi connectivity index (χ4v) is 0.619. The van der Waals surface area contributed by atoms with Gasteiger partial charge < -0.3 is 10.6 Å². The van der Waals surface area contributed by atoms with Gasteiger partial charge in [-0.05, 0) is 0 Å². The predicted molar refractivity (Wildman–Crippen MR) is 38.2 cm³/mol. The van der Waals surface area contributed by atoms with Gasteiger partial charge in [-0.25, -0.2) is 9.59 Å². The van der Waals surface area contributed by atoms with E-state index >= 15 is 0 Å². The summed E-state index contributed by atoms with van der Waals surface area (Å²) in [6.07, 6.45) is 0. The smallest absolute Gasteiger partial charge is 0.355 e. The van der Waals surface area contributed by atoms with Crippen LogP contribution in [-0.4, -0.2) is 26.5 Å². The van der Waals surface area contributed by atoms with Crippen molar-refractivity contribution in [3.05, 3.63) is 32.3 Å². The quantitative estimate of drug-likeness (QED) is 0.477. The summed E-state index contributed by atoms with van der Waals surface area (Å²) >= 11 is 0. The summed E-state index contributed by atoms with van der Waals surface area (Å²) in [5, 5.41) is 8.25. The summed E-state index contributed by atoms with van der Waals surface area (Å²) in [5.74, 6) is -3.21. The number of carboxylic acids is 1. The average molecular weight is 192 g/mol.